The van der Waals surface area contributed by atoms with Gasteiger partial charge in [0.1, 0.15) is 0 Å². The maximum Gasteiger partial charge on any atom is 0.406 e. The van der Waals surface area contributed by atoms with Gasteiger partial charge in [0.15, 0.2) is 0 Å². The monoisotopic (exact) mass is 296 g/mol. The number of fused-ring (bicyclic) bond motifs is 1. The van der Waals surface area contributed by atoms with E-state index in [9.17, 15) is 4.79 Å². The quantitative estimate of drug-likeness (QED) is 0.915. The molecule has 5 heteroatoms. The molecular formula is C12H13BrN2O2. The van der Waals surface area contributed by atoms with Crippen LogP contribution in [0.3, 0.4) is 0 Å². The molecule has 0 unspecified atom stereocenters. The molecule has 0 saturated carbocycles. The molecule has 0 aliphatic heterocycles. The van der Waals surface area contributed by atoms with Crippen LogP contribution < -0.4 is 5.32 Å². The van der Waals surface area contributed by atoms with Crippen LogP contribution in [0.15, 0.2) is 28.9 Å². The number of benzene rings is 1. The van der Waals surface area contributed by atoms with Crippen LogP contribution in [0.25, 0.3) is 10.9 Å². The first-order chi connectivity index (χ1) is 8.22. The summed E-state index contributed by atoms with van der Waals surface area (Å²) in [4.78, 5) is 14.2. The predicted octanol–water partition coefficient (Wildman–Crippen LogP) is 2.83. The molecule has 0 bridgehead atoms. The number of para-hydroxylation sites is 1. The average Bonchev–Trinajstić information content (AvgIpc) is 2.66. The van der Waals surface area contributed by atoms with E-state index < -0.39 is 6.09 Å². The SMILES string of the molecule is COC(=O)NCCc1c(Br)[nH]c2ccccc12. The van der Waals surface area contributed by atoms with E-state index in [0.717, 1.165) is 22.1 Å². The fourth-order valence-corrected chi connectivity index (χ4v) is 2.40. The molecule has 90 valence electrons. The van der Waals surface area contributed by atoms with Gasteiger partial charge in [0, 0.05) is 17.4 Å². The number of rotatable bonds is 3. The fraction of sp³-hybridized carbons (Fsp3) is 0.250. The van der Waals surface area contributed by atoms with Crippen LogP contribution in [0.4, 0.5) is 4.79 Å². The number of amides is 1. The molecule has 0 radical (unpaired) electrons. The van der Waals surface area contributed by atoms with E-state index in [0.29, 0.717) is 6.54 Å². The molecule has 0 aliphatic rings. The van der Waals surface area contributed by atoms with Crippen molar-refractivity contribution < 1.29 is 9.53 Å². The Kier molecular flexibility index (Phi) is 3.68. The highest BCUT2D eigenvalue weighted by Gasteiger charge is 2.09. The molecule has 1 heterocycles. The number of H-pyrrole nitrogens is 1. The van der Waals surface area contributed by atoms with Crippen LogP contribution in [-0.4, -0.2) is 24.7 Å². The number of aromatic amines is 1. The van der Waals surface area contributed by atoms with E-state index in [1.165, 1.54) is 12.5 Å². The number of alkyl carbamates (subject to hydrolysis) is 1. The lowest BCUT2D eigenvalue weighted by Crippen LogP contribution is -2.25. The molecule has 0 fully saturated rings. The summed E-state index contributed by atoms with van der Waals surface area (Å²) in [5.41, 5.74) is 2.25. The van der Waals surface area contributed by atoms with Crippen molar-refractivity contribution in [3.05, 3.63) is 34.4 Å². The van der Waals surface area contributed by atoms with Crippen molar-refractivity contribution >= 4 is 32.9 Å². The van der Waals surface area contributed by atoms with Crippen LogP contribution in [0, 0.1) is 0 Å². The van der Waals surface area contributed by atoms with E-state index in [-0.39, 0.29) is 0 Å². The van der Waals surface area contributed by atoms with Crippen molar-refractivity contribution in [2.45, 2.75) is 6.42 Å². The van der Waals surface area contributed by atoms with Crippen molar-refractivity contribution in [1.29, 1.82) is 0 Å². The van der Waals surface area contributed by atoms with E-state index >= 15 is 0 Å². The third kappa shape index (κ3) is 2.61. The van der Waals surface area contributed by atoms with E-state index in [2.05, 4.69) is 37.0 Å². The summed E-state index contributed by atoms with van der Waals surface area (Å²) in [5, 5.41) is 3.84. The fourth-order valence-electron chi connectivity index (χ4n) is 1.77. The summed E-state index contributed by atoms with van der Waals surface area (Å²) < 4.78 is 5.48. The zero-order valence-corrected chi connectivity index (χ0v) is 11.0. The Balaban J connectivity index is 2.12. The predicted molar refractivity (Wildman–Crippen MR) is 70.1 cm³/mol. The first kappa shape index (κ1) is 12.0. The number of methoxy groups -OCH3 is 1. The lowest BCUT2D eigenvalue weighted by Gasteiger charge is -2.03. The Labute approximate surface area is 107 Å². The van der Waals surface area contributed by atoms with Crippen LogP contribution in [0.5, 0.6) is 0 Å². The smallest absolute Gasteiger partial charge is 0.406 e. The normalized spacial score (nSPS) is 10.5. The number of nitrogens with one attached hydrogen (secondary N) is 2. The highest BCUT2D eigenvalue weighted by atomic mass is 79.9. The molecule has 1 aromatic carbocycles. The van der Waals surface area contributed by atoms with E-state index in [4.69, 9.17) is 0 Å². The zero-order chi connectivity index (χ0) is 12.3. The number of ether oxygens (including phenoxy) is 1. The lowest BCUT2D eigenvalue weighted by atomic mass is 10.1. The Morgan fingerprint density at radius 3 is 3.00 bits per heavy atom. The summed E-state index contributed by atoms with van der Waals surface area (Å²) in [6.45, 7) is 0.549. The minimum Gasteiger partial charge on any atom is -0.453 e. The number of halogens is 1. The molecule has 0 atom stereocenters. The van der Waals surface area contributed by atoms with Crippen LogP contribution in [0.1, 0.15) is 5.56 Å². The number of hydrogen-bond acceptors (Lipinski definition) is 2. The van der Waals surface area contributed by atoms with Crippen LogP contribution >= 0.6 is 15.9 Å². The second-order valence-electron chi connectivity index (χ2n) is 3.63. The number of carbonyl (C=O) groups excluding carboxylic acids is 1. The number of carbonyl (C=O) groups is 1. The summed E-state index contributed by atoms with van der Waals surface area (Å²) >= 11 is 3.49. The van der Waals surface area contributed by atoms with Gasteiger partial charge in [0.2, 0.25) is 0 Å². The van der Waals surface area contributed by atoms with Gasteiger partial charge in [0.25, 0.3) is 0 Å². The highest BCUT2D eigenvalue weighted by molar-refractivity contribution is 9.10. The van der Waals surface area contributed by atoms with Crippen LogP contribution in [0.2, 0.25) is 0 Å². The second kappa shape index (κ2) is 5.23. The molecule has 4 nitrogen and oxygen atoms in total. The first-order valence-electron chi connectivity index (χ1n) is 5.29. The van der Waals surface area contributed by atoms with E-state index in [1.54, 1.807) is 0 Å². The van der Waals surface area contributed by atoms with Gasteiger partial charge in [-0.3, -0.25) is 0 Å². The third-order valence-corrected chi connectivity index (χ3v) is 3.27. The Bertz CT molecular complexity index is 536. The van der Waals surface area contributed by atoms with Crippen molar-refractivity contribution in [2.75, 3.05) is 13.7 Å². The number of aromatic nitrogens is 1. The molecule has 1 aromatic heterocycles. The molecule has 0 spiro atoms. The molecule has 17 heavy (non-hydrogen) atoms. The maximum absolute atomic E-state index is 10.9. The van der Waals surface area contributed by atoms with Crippen molar-refractivity contribution in [3.63, 3.8) is 0 Å². The number of hydrogen-bond donors (Lipinski definition) is 2. The second-order valence-corrected chi connectivity index (χ2v) is 4.42. The molecular weight excluding hydrogens is 284 g/mol. The first-order valence-corrected chi connectivity index (χ1v) is 6.08. The summed E-state index contributed by atoms with van der Waals surface area (Å²) in [6, 6.07) is 8.07. The summed E-state index contributed by atoms with van der Waals surface area (Å²) in [7, 11) is 1.36. The van der Waals surface area contributed by atoms with Gasteiger partial charge in [-0.05, 0) is 34.0 Å². The Morgan fingerprint density at radius 2 is 2.24 bits per heavy atom. The molecule has 2 N–H and O–H groups in total. The van der Waals surface area contributed by atoms with E-state index in [1.807, 2.05) is 18.2 Å². The lowest BCUT2D eigenvalue weighted by molar-refractivity contribution is 0.171. The summed E-state index contributed by atoms with van der Waals surface area (Å²) in [6.07, 6.45) is 0.348. The minimum absolute atomic E-state index is 0.402. The molecule has 2 rings (SSSR count). The van der Waals surface area contributed by atoms with Gasteiger partial charge < -0.3 is 15.0 Å². The maximum atomic E-state index is 10.9. The Hall–Kier alpha value is -1.49. The van der Waals surface area contributed by atoms with Gasteiger partial charge in [-0.2, -0.15) is 0 Å². The molecule has 0 aliphatic carbocycles. The Morgan fingerprint density at radius 1 is 1.47 bits per heavy atom. The topological polar surface area (TPSA) is 54.1 Å². The van der Waals surface area contributed by atoms with Gasteiger partial charge in [-0.25, -0.2) is 4.79 Å². The van der Waals surface area contributed by atoms with Crippen molar-refractivity contribution in [2.24, 2.45) is 0 Å². The van der Waals surface area contributed by atoms with Crippen molar-refractivity contribution in [3.8, 4) is 0 Å². The highest BCUT2D eigenvalue weighted by Crippen LogP contribution is 2.26. The standard InChI is InChI=1S/C12H13BrN2O2/c1-17-12(16)14-7-6-9-8-4-2-3-5-10(8)15-11(9)13/h2-5,15H,6-7H2,1H3,(H,14,16). The molecule has 0 saturated heterocycles. The zero-order valence-electron chi connectivity index (χ0n) is 9.42. The summed E-state index contributed by atoms with van der Waals surface area (Å²) in [5.74, 6) is 0. The van der Waals surface area contributed by atoms with Crippen LogP contribution in [-0.2, 0) is 11.2 Å². The average molecular weight is 297 g/mol. The van der Waals surface area contributed by atoms with Crippen molar-refractivity contribution in [1.82, 2.24) is 10.3 Å². The largest absolute Gasteiger partial charge is 0.453 e. The van der Waals surface area contributed by atoms with Gasteiger partial charge in [-0.1, -0.05) is 18.2 Å². The van der Waals surface area contributed by atoms with Gasteiger partial charge in [-0.15, -0.1) is 0 Å². The third-order valence-electron chi connectivity index (χ3n) is 2.59. The van der Waals surface area contributed by atoms with Gasteiger partial charge in [0.05, 0.1) is 11.7 Å². The minimum atomic E-state index is -0.402. The molecule has 1 amide bonds. The van der Waals surface area contributed by atoms with Gasteiger partial charge >= 0.3 is 6.09 Å². The molecule has 2 aromatic rings.